The van der Waals surface area contributed by atoms with Crippen molar-refractivity contribution in [3.63, 3.8) is 0 Å². The van der Waals surface area contributed by atoms with E-state index in [0.29, 0.717) is 24.3 Å². The van der Waals surface area contributed by atoms with Crippen LogP contribution in [0.4, 0.5) is 4.39 Å². The molecule has 2 aliphatic rings. The van der Waals surface area contributed by atoms with Crippen LogP contribution in [0.1, 0.15) is 86.7 Å². The number of methoxy groups -OCH3 is 1. The van der Waals surface area contributed by atoms with Crippen molar-refractivity contribution >= 4 is 5.97 Å². The minimum absolute atomic E-state index is 0.140. The number of benzene rings is 2. The number of hydrogen-bond donors (Lipinski definition) is 1. The van der Waals surface area contributed by atoms with Crippen LogP contribution in [0.25, 0.3) is 0 Å². The Morgan fingerprint density at radius 1 is 1.07 bits per heavy atom. The van der Waals surface area contributed by atoms with Gasteiger partial charge in [0.2, 0.25) is 0 Å². The van der Waals surface area contributed by atoms with Gasteiger partial charge in [0.25, 0.3) is 0 Å². The predicted octanol–water partition coefficient (Wildman–Crippen LogP) is 7.20. The van der Waals surface area contributed by atoms with Gasteiger partial charge < -0.3 is 14.7 Å². The Labute approximate surface area is 249 Å². The van der Waals surface area contributed by atoms with E-state index in [1.165, 1.54) is 17.3 Å². The van der Waals surface area contributed by atoms with E-state index in [2.05, 4.69) is 34.7 Å². The van der Waals surface area contributed by atoms with Crippen molar-refractivity contribution in [2.75, 3.05) is 26.7 Å². The number of rotatable bonds is 11. The average molecular weight is 574 g/mol. The lowest BCUT2D eigenvalue weighted by atomic mass is 9.87. The molecule has 0 radical (unpaired) electrons. The number of aryl methyl sites for hydroxylation is 1. The van der Waals surface area contributed by atoms with Crippen LogP contribution in [0, 0.1) is 11.7 Å². The van der Waals surface area contributed by atoms with Crippen molar-refractivity contribution in [2.24, 2.45) is 5.92 Å². The second-order valence-corrected chi connectivity index (χ2v) is 11.9. The molecule has 3 aromatic rings. The molecule has 0 spiro atoms. The summed E-state index contributed by atoms with van der Waals surface area (Å²) in [5, 5.41) is 14.9. The minimum Gasteiger partial charge on any atom is -0.497 e. The second-order valence-electron chi connectivity index (χ2n) is 11.9. The van der Waals surface area contributed by atoms with E-state index in [9.17, 15) is 14.3 Å². The molecule has 1 aliphatic carbocycles. The first-order valence-corrected chi connectivity index (χ1v) is 15.5. The lowest BCUT2D eigenvalue weighted by molar-refractivity contribution is -0.132. The third kappa shape index (κ3) is 6.95. The number of carbonyl (C=O) groups is 1. The van der Waals surface area contributed by atoms with Gasteiger partial charge in [-0.15, -0.1) is 0 Å². The van der Waals surface area contributed by atoms with E-state index in [1.54, 1.807) is 19.2 Å². The summed E-state index contributed by atoms with van der Waals surface area (Å²) in [4.78, 5) is 14.6. The number of ether oxygens (including phenoxy) is 1. The van der Waals surface area contributed by atoms with Crippen LogP contribution in [0.15, 0.2) is 65.7 Å². The summed E-state index contributed by atoms with van der Waals surface area (Å²) in [6.45, 7) is 7.95. The summed E-state index contributed by atoms with van der Waals surface area (Å²) < 4.78 is 21.7. The number of aliphatic carboxylic acids is 1. The van der Waals surface area contributed by atoms with Crippen LogP contribution in [-0.2, 0) is 17.8 Å². The van der Waals surface area contributed by atoms with Gasteiger partial charge in [0.1, 0.15) is 11.6 Å². The molecule has 0 amide bonds. The van der Waals surface area contributed by atoms with Crippen molar-refractivity contribution in [2.45, 2.75) is 77.2 Å². The Morgan fingerprint density at radius 3 is 2.48 bits per heavy atom. The van der Waals surface area contributed by atoms with E-state index < -0.39 is 5.97 Å². The third-order valence-electron chi connectivity index (χ3n) is 9.21. The summed E-state index contributed by atoms with van der Waals surface area (Å²) in [7, 11) is 1.68. The van der Waals surface area contributed by atoms with Crippen molar-refractivity contribution in [1.82, 2.24) is 14.7 Å². The van der Waals surface area contributed by atoms with Crippen LogP contribution in [-0.4, -0.2) is 52.5 Å². The first kappa shape index (κ1) is 30.0. The van der Waals surface area contributed by atoms with Gasteiger partial charge in [-0.25, -0.2) is 9.18 Å². The van der Waals surface area contributed by atoms with E-state index >= 15 is 0 Å². The molecule has 2 atom stereocenters. The Hall–Kier alpha value is -3.45. The topological polar surface area (TPSA) is 67.6 Å². The maximum Gasteiger partial charge on any atom is 0.331 e. The fraction of sp³-hybridized carbons (Fsp3) is 0.486. The lowest BCUT2D eigenvalue weighted by Crippen LogP contribution is -2.37. The number of likely N-dealkylation sites (tertiary alicyclic amines) is 1. The molecule has 1 aromatic heterocycles. The van der Waals surface area contributed by atoms with Gasteiger partial charge in [-0.3, -0.25) is 4.68 Å². The molecule has 2 unspecified atom stereocenters. The van der Waals surface area contributed by atoms with Crippen LogP contribution in [0.2, 0.25) is 0 Å². The zero-order valence-electron chi connectivity index (χ0n) is 25.2. The van der Waals surface area contributed by atoms with Crippen LogP contribution < -0.4 is 4.74 Å². The van der Waals surface area contributed by atoms with E-state index in [4.69, 9.17) is 9.84 Å². The Bertz CT molecular complexity index is 1390. The summed E-state index contributed by atoms with van der Waals surface area (Å²) in [6.07, 6.45) is 5.83. The van der Waals surface area contributed by atoms with E-state index in [0.717, 1.165) is 80.9 Å². The summed E-state index contributed by atoms with van der Waals surface area (Å²) in [5.74, 6) is 0.726. The van der Waals surface area contributed by atoms with Gasteiger partial charge in [-0.2, -0.15) is 5.10 Å². The maximum absolute atomic E-state index is 14.2. The van der Waals surface area contributed by atoms with Gasteiger partial charge in [0, 0.05) is 36.7 Å². The lowest BCUT2D eigenvalue weighted by Gasteiger charge is -2.35. The number of aromatic nitrogens is 2. The summed E-state index contributed by atoms with van der Waals surface area (Å²) in [6, 6.07) is 17.4. The molecule has 224 valence electrons. The smallest absolute Gasteiger partial charge is 0.331 e. The molecule has 1 aliphatic heterocycles. The fourth-order valence-electron chi connectivity index (χ4n) is 7.08. The SMILES string of the molecule is CCC/C(C(=O)O)=C1\CC(CN2CCC(c3cc(Cc4ccc(OC)cc4)nn3CC)CC2)C(c2cccc(F)c2)C1. The normalized spacial score (nSPS) is 21.0. The Morgan fingerprint density at radius 2 is 1.83 bits per heavy atom. The number of allylic oxidation sites excluding steroid dienone is 1. The van der Waals surface area contributed by atoms with Crippen molar-refractivity contribution in [3.05, 3.63) is 94.1 Å². The van der Waals surface area contributed by atoms with Gasteiger partial charge in [0.15, 0.2) is 0 Å². The molecule has 5 rings (SSSR count). The molecule has 2 heterocycles. The third-order valence-corrected chi connectivity index (χ3v) is 9.21. The highest BCUT2D eigenvalue weighted by Gasteiger charge is 2.36. The maximum atomic E-state index is 14.2. The van der Waals surface area contributed by atoms with Crippen LogP contribution in [0.3, 0.4) is 0 Å². The number of piperidine rings is 1. The molecule has 2 fully saturated rings. The molecular weight excluding hydrogens is 529 g/mol. The highest BCUT2D eigenvalue weighted by atomic mass is 19.1. The molecule has 7 heteroatoms. The molecule has 1 saturated carbocycles. The second kappa shape index (κ2) is 13.7. The highest BCUT2D eigenvalue weighted by Crippen LogP contribution is 2.45. The van der Waals surface area contributed by atoms with Crippen molar-refractivity contribution < 1.29 is 19.0 Å². The molecular formula is C35H44FN3O3. The van der Waals surface area contributed by atoms with Gasteiger partial charge >= 0.3 is 5.97 Å². The van der Waals surface area contributed by atoms with Crippen LogP contribution >= 0.6 is 0 Å². The fourth-order valence-corrected chi connectivity index (χ4v) is 7.08. The molecule has 2 aromatic carbocycles. The monoisotopic (exact) mass is 573 g/mol. The molecule has 1 saturated heterocycles. The zero-order valence-corrected chi connectivity index (χ0v) is 25.2. The van der Waals surface area contributed by atoms with Gasteiger partial charge in [0.05, 0.1) is 12.8 Å². The Balaban J connectivity index is 1.26. The molecule has 6 nitrogen and oxygen atoms in total. The van der Waals surface area contributed by atoms with Crippen LogP contribution in [0.5, 0.6) is 5.75 Å². The number of hydrogen-bond acceptors (Lipinski definition) is 4. The van der Waals surface area contributed by atoms with Gasteiger partial charge in [-0.1, -0.05) is 43.2 Å². The molecule has 42 heavy (non-hydrogen) atoms. The minimum atomic E-state index is -0.801. The van der Waals surface area contributed by atoms with Crippen molar-refractivity contribution in [3.8, 4) is 5.75 Å². The number of halogens is 1. The van der Waals surface area contributed by atoms with E-state index in [1.807, 2.05) is 25.1 Å². The summed E-state index contributed by atoms with van der Waals surface area (Å²) >= 11 is 0. The Kier molecular flexibility index (Phi) is 9.78. The highest BCUT2D eigenvalue weighted by molar-refractivity contribution is 5.87. The predicted molar refractivity (Wildman–Crippen MR) is 164 cm³/mol. The quantitative estimate of drug-likeness (QED) is 0.246. The number of nitrogens with zero attached hydrogens (tertiary/aromatic N) is 3. The van der Waals surface area contributed by atoms with Crippen molar-refractivity contribution in [1.29, 1.82) is 0 Å². The molecule has 1 N–H and O–H groups in total. The molecule has 0 bridgehead atoms. The standard InChI is InChI=1S/C35H44FN3O3/c1-4-7-32(35(40)41)27-19-28(33(21-27)26-8-6-9-29(36)20-26)23-38-16-14-25(15-17-38)34-22-30(37-39(34)5-2)18-24-10-12-31(42-3)13-11-24/h6,8-13,20,22,25,28,33H,4-5,7,14-19,21,23H2,1-3H3,(H,40,41)/b32-27-. The van der Waals surface area contributed by atoms with Gasteiger partial charge in [-0.05, 0) is 105 Å². The number of carboxylic acid groups (broad SMARTS) is 1. The zero-order chi connectivity index (χ0) is 29.6. The van der Waals surface area contributed by atoms with E-state index in [-0.39, 0.29) is 17.7 Å². The summed E-state index contributed by atoms with van der Waals surface area (Å²) in [5.41, 5.74) is 6.26. The average Bonchev–Trinajstić information content (AvgIpc) is 3.60. The first-order chi connectivity index (χ1) is 20.4. The first-order valence-electron chi connectivity index (χ1n) is 15.5. The number of carboxylic acids is 1. The largest absolute Gasteiger partial charge is 0.497 e.